The van der Waals surface area contributed by atoms with Gasteiger partial charge in [0.15, 0.2) is 0 Å². The van der Waals surface area contributed by atoms with Crippen molar-refractivity contribution in [2.24, 2.45) is 0 Å². The molecule has 0 unspecified atom stereocenters. The molecule has 0 bridgehead atoms. The Kier molecular flexibility index (Phi) is 4.21. The fraction of sp³-hybridized carbons (Fsp3) is 0.250. The predicted octanol–water partition coefficient (Wildman–Crippen LogP) is 3.06. The van der Waals surface area contributed by atoms with Crippen molar-refractivity contribution in [3.05, 3.63) is 26.6 Å². The van der Waals surface area contributed by atoms with E-state index < -0.39 is 18.1 Å². The van der Waals surface area contributed by atoms with Crippen LogP contribution in [0.2, 0.25) is 0 Å². The van der Waals surface area contributed by atoms with E-state index in [1.807, 2.05) is 0 Å². The van der Waals surface area contributed by atoms with Gasteiger partial charge in [0.2, 0.25) is 0 Å². The Labute approximate surface area is 103 Å². The van der Waals surface area contributed by atoms with E-state index in [9.17, 15) is 13.6 Å². The maximum Gasteiger partial charge on any atom is 0.338 e. The van der Waals surface area contributed by atoms with E-state index >= 15 is 0 Å². The van der Waals surface area contributed by atoms with Crippen molar-refractivity contribution in [2.45, 2.75) is 12.3 Å². The molecule has 0 saturated heterocycles. The van der Waals surface area contributed by atoms with Gasteiger partial charge in [-0.25, -0.2) is 18.6 Å². The molecule has 15 heavy (non-hydrogen) atoms. The molecule has 1 heterocycles. The number of halogens is 4. The van der Waals surface area contributed by atoms with Crippen molar-refractivity contribution in [1.82, 2.24) is 4.98 Å². The van der Waals surface area contributed by atoms with Crippen LogP contribution in [0.4, 0.5) is 8.78 Å². The minimum atomic E-state index is -2.73. The quantitative estimate of drug-likeness (QED) is 0.519. The molecule has 0 amide bonds. The Bertz CT molecular complexity index is 400. The number of carbonyl (C=O) groups is 1. The van der Waals surface area contributed by atoms with Gasteiger partial charge in [-0.1, -0.05) is 0 Å². The van der Waals surface area contributed by atoms with Crippen LogP contribution in [0.5, 0.6) is 0 Å². The molecule has 1 aromatic rings. The normalized spacial score (nSPS) is 10.7. The van der Waals surface area contributed by atoms with Crippen LogP contribution >= 0.6 is 34.2 Å². The van der Waals surface area contributed by atoms with E-state index in [-0.39, 0.29) is 20.7 Å². The summed E-state index contributed by atoms with van der Waals surface area (Å²) >= 11 is 7.09. The number of hydrogen-bond acceptors (Lipinski definition) is 2. The molecule has 0 aromatic carbocycles. The first-order chi connectivity index (χ1) is 6.97. The van der Waals surface area contributed by atoms with E-state index in [2.05, 4.69) is 4.98 Å². The molecule has 3 nitrogen and oxygen atoms in total. The van der Waals surface area contributed by atoms with Crippen LogP contribution in [0.15, 0.2) is 6.07 Å². The Morgan fingerprint density at radius 2 is 2.27 bits per heavy atom. The van der Waals surface area contributed by atoms with Crippen LogP contribution in [-0.2, 0) is 5.88 Å². The summed E-state index contributed by atoms with van der Waals surface area (Å²) in [7, 11) is 0. The van der Waals surface area contributed by atoms with Crippen molar-refractivity contribution in [3.8, 4) is 0 Å². The highest BCUT2D eigenvalue weighted by atomic mass is 127. The lowest BCUT2D eigenvalue weighted by molar-refractivity contribution is 0.0693. The summed E-state index contributed by atoms with van der Waals surface area (Å²) in [5.41, 5.74) is -0.422. The SMILES string of the molecule is O=C(O)c1c(CCl)cc(C(F)F)nc1I. The zero-order valence-corrected chi connectivity index (χ0v) is 10.1. The smallest absolute Gasteiger partial charge is 0.338 e. The second-order valence-electron chi connectivity index (χ2n) is 2.61. The number of aromatic carboxylic acids is 1. The maximum atomic E-state index is 12.3. The molecule has 1 N–H and O–H groups in total. The predicted molar refractivity (Wildman–Crippen MR) is 58.4 cm³/mol. The molecule has 0 radical (unpaired) electrons. The molecule has 82 valence electrons. The lowest BCUT2D eigenvalue weighted by Crippen LogP contribution is -2.08. The molecule has 0 aliphatic carbocycles. The van der Waals surface area contributed by atoms with Crippen LogP contribution in [-0.4, -0.2) is 16.1 Å². The molecule has 0 saturated carbocycles. The van der Waals surface area contributed by atoms with Gasteiger partial charge in [-0.3, -0.25) is 0 Å². The first-order valence-electron chi connectivity index (χ1n) is 3.74. The summed E-state index contributed by atoms with van der Waals surface area (Å²) in [6.45, 7) is 0. The third kappa shape index (κ3) is 2.75. The molecule has 0 aliphatic heterocycles. The lowest BCUT2D eigenvalue weighted by atomic mass is 10.1. The summed E-state index contributed by atoms with van der Waals surface area (Å²) in [6, 6.07) is 1.02. The van der Waals surface area contributed by atoms with Gasteiger partial charge in [-0.05, 0) is 34.2 Å². The first kappa shape index (κ1) is 12.6. The van der Waals surface area contributed by atoms with Gasteiger partial charge in [0, 0.05) is 5.88 Å². The topological polar surface area (TPSA) is 50.2 Å². The van der Waals surface area contributed by atoms with Crippen molar-refractivity contribution in [2.75, 3.05) is 0 Å². The summed E-state index contributed by atoms with van der Waals surface area (Å²) in [5, 5.41) is 8.82. The second-order valence-corrected chi connectivity index (χ2v) is 3.90. The largest absolute Gasteiger partial charge is 0.478 e. The Morgan fingerprint density at radius 1 is 1.67 bits per heavy atom. The van der Waals surface area contributed by atoms with Crippen molar-refractivity contribution < 1.29 is 18.7 Å². The number of pyridine rings is 1. The molecular weight excluding hydrogens is 342 g/mol. The summed E-state index contributed by atoms with van der Waals surface area (Å²) in [6.07, 6.45) is -2.73. The minimum Gasteiger partial charge on any atom is -0.478 e. The average molecular weight is 347 g/mol. The highest BCUT2D eigenvalue weighted by Gasteiger charge is 2.19. The van der Waals surface area contributed by atoms with Crippen LogP contribution in [0.3, 0.4) is 0 Å². The summed E-state index contributed by atoms with van der Waals surface area (Å²) in [4.78, 5) is 14.3. The lowest BCUT2D eigenvalue weighted by Gasteiger charge is -2.07. The van der Waals surface area contributed by atoms with Crippen LogP contribution in [0, 0.1) is 3.70 Å². The molecule has 0 atom stereocenters. The van der Waals surface area contributed by atoms with E-state index in [1.54, 1.807) is 22.6 Å². The highest BCUT2D eigenvalue weighted by Crippen LogP contribution is 2.24. The molecule has 0 aliphatic rings. The Balaban J connectivity index is 3.37. The van der Waals surface area contributed by atoms with Crippen LogP contribution < -0.4 is 0 Å². The van der Waals surface area contributed by atoms with Gasteiger partial charge >= 0.3 is 5.97 Å². The van der Waals surface area contributed by atoms with Gasteiger partial charge in [-0.2, -0.15) is 0 Å². The zero-order chi connectivity index (χ0) is 11.6. The van der Waals surface area contributed by atoms with E-state index in [0.717, 1.165) is 6.07 Å². The maximum absolute atomic E-state index is 12.3. The molecule has 7 heteroatoms. The van der Waals surface area contributed by atoms with Crippen LogP contribution in [0.1, 0.15) is 28.0 Å². The fourth-order valence-electron chi connectivity index (χ4n) is 1.03. The van der Waals surface area contributed by atoms with E-state index in [4.69, 9.17) is 16.7 Å². The first-order valence-corrected chi connectivity index (χ1v) is 5.35. The van der Waals surface area contributed by atoms with Gasteiger partial charge in [-0.15, -0.1) is 11.6 Å². The number of nitrogens with zero attached hydrogens (tertiary/aromatic N) is 1. The number of alkyl halides is 3. The van der Waals surface area contributed by atoms with Crippen molar-refractivity contribution in [1.29, 1.82) is 0 Å². The third-order valence-corrected chi connectivity index (χ3v) is 2.73. The Hall–Kier alpha value is -0.500. The Morgan fingerprint density at radius 3 is 2.67 bits per heavy atom. The number of carboxylic acid groups (broad SMARTS) is 1. The summed E-state index contributed by atoms with van der Waals surface area (Å²) < 4.78 is 24.7. The number of rotatable bonds is 3. The minimum absolute atomic E-state index is 0.0218. The van der Waals surface area contributed by atoms with Gasteiger partial charge in [0.1, 0.15) is 9.39 Å². The monoisotopic (exact) mass is 347 g/mol. The van der Waals surface area contributed by atoms with Gasteiger partial charge in [0.05, 0.1) is 5.56 Å². The standard InChI is InChI=1S/C8H5ClF2INO2/c9-2-3-1-4(6(10)11)13-7(12)5(3)8(14)15/h1,6H,2H2,(H,14,15). The van der Waals surface area contributed by atoms with Gasteiger partial charge in [0.25, 0.3) is 6.43 Å². The molecule has 1 rings (SSSR count). The average Bonchev–Trinajstić information content (AvgIpc) is 2.15. The van der Waals surface area contributed by atoms with Crippen LogP contribution in [0.25, 0.3) is 0 Å². The summed E-state index contributed by atoms with van der Waals surface area (Å²) in [5.74, 6) is -1.36. The number of hydrogen-bond donors (Lipinski definition) is 1. The van der Waals surface area contributed by atoms with Crippen molar-refractivity contribution in [3.63, 3.8) is 0 Å². The van der Waals surface area contributed by atoms with E-state index in [1.165, 1.54) is 0 Å². The highest BCUT2D eigenvalue weighted by molar-refractivity contribution is 14.1. The molecular formula is C8H5ClF2INO2. The van der Waals surface area contributed by atoms with Gasteiger partial charge < -0.3 is 5.11 Å². The molecule has 0 spiro atoms. The fourth-order valence-corrected chi connectivity index (χ4v) is 2.09. The zero-order valence-electron chi connectivity index (χ0n) is 7.18. The number of carboxylic acids is 1. The van der Waals surface area contributed by atoms with Crippen molar-refractivity contribution >= 4 is 40.2 Å². The van der Waals surface area contributed by atoms with E-state index in [0.29, 0.717) is 0 Å². The molecule has 1 aromatic heterocycles. The second kappa shape index (κ2) is 5.02. The number of aromatic nitrogens is 1. The third-order valence-electron chi connectivity index (χ3n) is 1.66. The molecule has 0 fully saturated rings.